The van der Waals surface area contributed by atoms with Gasteiger partial charge in [0.2, 0.25) is 5.91 Å². The van der Waals surface area contributed by atoms with Crippen LogP contribution in [-0.4, -0.2) is 60.6 Å². The van der Waals surface area contributed by atoms with E-state index in [4.69, 9.17) is 0 Å². The summed E-state index contributed by atoms with van der Waals surface area (Å²) >= 11 is 0. The summed E-state index contributed by atoms with van der Waals surface area (Å²) in [6, 6.07) is 7.64. The fourth-order valence-corrected chi connectivity index (χ4v) is 3.46. The number of carbonyl (C=O) groups is 1. The van der Waals surface area contributed by atoms with Crippen LogP contribution in [0.15, 0.2) is 29.1 Å². The molecule has 27 heavy (non-hydrogen) atoms. The summed E-state index contributed by atoms with van der Waals surface area (Å²) in [4.78, 5) is 34.0. The number of benzene rings is 1. The van der Waals surface area contributed by atoms with Crippen LogP contribution in [0.4, 0.5) is 5.82 Å². The molecule has 2 aromatic rings. The number of rotatable bonds is 8. The molecule has 0 unspecified atom stereocenters. The summed E-state index contributed by atoms with van der Waals surface area (Å²) in [7, 11) is 4.03. The Kier molecular flexibility index (Phi) is 6.45. The van der Waals surface area contributed by atoms with Gasteiger partial charge in [0, 0.05) is 32.6 Å². The molecule has 0 atom stereocenters. The maximum Gasteiger partial charge on any atom is 0.294 e. The van der Waals surface area contributed by atoms with Gasteiger partial charge in [-0.05, 0) is 52.0 Å². The van der Waals surface area contributed by atoms with Crippen molar-refractivity contribution in [1.29, 1.82) is 0 Å². The lowest BCUT2D eigenvalue weighted by Gasteiger charge is -2.19. The van der Waals surface area contributed by atoms with Crippen LogP contribution in [0.1, 0.15) is 25.7 Å². The van der Waals surface area contributed by atoms with Crippen molar-refractivity contribution in [2.75, 3.05) is 45.2 Å². The summed E-state index contributed by atoms with van der Waals surface area (Å²) < 4.78 is 1.70. The van der Waals surface area contributed by atoms with Crippen molar-refractivity contribution in [1.82, 2.24) is 19.8 Å². The van der Waals surface area contributed by atoms with Gasteiger partial charge in [0.05, 0.1) is 11.0 Å². The Morgan fingerprint density at radius 1 is 1.22 bits per heavy atom. The average Bonchev–Trinajstić information content (AvgIpc) is 3.18. The molecular weight excluding hydrogens is 342 g/mol. The predicted octanol–water partition coefficient (Wildman–Crippen LogP) is 1.45. The van der Waals surface area contributed by atoms with Gasteiger partial charge in [-0.2, -0.15) is 0 Å². The van der Waals surface area contributed by atoms with Gasteiger partial charge < -0.3 is 19.7 Å². The minimum atomic E-state index is -0.101. The lowest BCUT2D eigenvalue weighted by atomic mass is 10.2. The fraction of sp³-hybridized carbons (Fsp3) is 0.550. The molecule has 1 aromatic heterocycles. The molecule has 1 saturated heterocycles. The number of carbonyl (C=O) groups excluding carboxylic acids is 1. The highest BCUT2D eigenvalue weighted by atomic mass is 16.2. The Labute approximate surface area is 160 Å². The van der Waals surface area contributed by atoms with Crippen molar-refractivity contribution in [2.45, 2.75) is 32.2 Å². The van der Waals surface area contributed by atoms with Crippen molar-refractivity contribution in [3.05, 3.63) is 34.6 Å². The smallest absolute Gasteiger partial charge is 0.294 e. The number of hydrogen-bond donors (Lipinski definition) is 1. The number of fused-ring (bicyclic) bond motifs is 1. The minimum absolute atomic E-state index is 0.0238. The Morgan fingerprint density at radius 2 is 1.96 bits per heavy atom. The van der Waals surface area contributed by atoms with Crippen molar-refractivity contribution < 1.29 is 4.79 Å². The maximum absolute atomic E-state index is 13.0. The second kappa shape index (κ2) is 8.99. The van der Waals surface area contributed by atoms with Gasteiger partial charge in [0.25, 0.3) is 5.56 Å². The summed E-state index contributed by atoms with van der Waals surface area (Å²) in [5, 5.41) is 2.94. The SMILES string of the molecule is CN(C)CCCNC(=O)CCn1c(=O)c(N2CCCC2)nc2ccccc21. The normalized spacial score (nSPS) is 14.3. The number of nitrogens with zero attached hydrogens (tertiary/aromatic N) is 4. The van der Waals surface area contributed by atoms with Crippen molar-refractivity contribution in [2.24, 2.45) is 0 Å². The Hall–Kier alpha value is -2.41. The van der Waals surface area contributed by atoms with Gasteiger partial charge in [-0.25, -0.2) is 4.98 Å². The van der Waals surface area contributed by atoms with E-state index in [9.17, 15) is 9.59 Å². The molecule has 0 saturated carbocycles. The fourth-order valence-electron chi connectivity index (χ4n) is 3.46. The van der Waals surface area contributed by atoms with Crippen LogP contribution in [-0.2, 0) is 11.3 Å². The molecule has 1 amide bonds. The largest absolute Gasteiger partial charge is 0.356 e. The minimum Gasteiger partial charge on any atom is -0.356 e. The molecule has 0 radical (unpaired) electrons. The molecular formula is C20H29N5O2. The van der Waals surface area contributed by atoms with E-state index in [0.717, 1.165) is 49.9 Å². The molecule has 3 rings (SSSR count). The average molecular weight is 371 g/mol. The number of aryl methyl sites for hydroxylation is 1. The van der Waals surface area contributed by atoms with Crippen LogP contribution in [0.25, 0.3) is 11.0 Å². The first-order valence-electron chi connectivity index (χ1n) is 9.72. The highest BCUT2D eigenvalue weighted by Gasteiger charge is 2.20. The lowest BCUT2D eigenvalue weighted by molar-refractivity contribution is -0.121. The van der Waals surface area contributed by atoms with E-state index in [2.05, 4.69) is 20.1 Å². The van der Waals surface area contributed by atoms with Crippen molar-refractivity contribution in [3.8, 4) is 0 Å². The van der Waals surface area contributed by atoms with E-state index in [1.165, 1.54) is 0 Å². The van der Waals surface area contributed by atoms with Gasteiger partial charge >= 0.3 is 0 Å². The number of aromatic nitrogens is 2. The maximum atomic E-state index is 13.0. The molecule has 1 aliphatic rings. The number of amides is 1. The van der Waals surface area contributed by atoms with Crippen LogP contribution < -0.4 is 15.8 Å². The standard InChI is InChI=1S/C20H29N5O2/c1-23(2)12-7-11-21-18(26)10-15-25-17-9-4-3-8-16(17)22-19(20(25)27)24-13-5-6-14-24/h3-4,8-9H,5-7,10-15H2,1-2H3,(H,21,26). The van der Waals surface area contributed by atoms with E-state index < -0.39 is 0 Å². The zero-order valence-corrected chi connectivity index (χ0v) is 16.3. The van der Waals surface area contributed by atoms with Crippen LogP contribution in [0.5, 0.6) is 0 Å². The highest BCUT2D eigenvalue weighted by Crippen LogP contribution is 2.18. The quantitative estimate of drug-likeness (QED) is 0.712. The Balaban J connectivity index is 1.74. The zero-order chi connectivity index (χ0) is 19.2. The second-order valence-electron chi connectivity index (χ2n) is 7.33. The van der Waals surface area contributed by atoms with Crippen LogP contribution in [0, 0.1) is 0 Å². The number of hydrogen-bond acceptors (Lipinski definition) is 5. The highest BCUT2D eigenvalue weighted by molar-refractivity contribution is 5.78. The van der Waals surface area contributed by atoms with Crippen LogP contribution >= 0.6 is 0 Å². The van der Waals surface area contributed by atoms with Crippen LogP contribution in [0.3, 0.4) is 0 Å². The third-order valence-electron chi connectivity index (χ3n) is 4.91. The summed E-state index contributed by atoms with van der Waals surface area (Å²) in [6.45, 7) is 3.69. The first-order valence-corrected chi connectivity index (χ1v) is 9.72. The molecule has 0 spiro atoms. The van der Waals surface area contributed by atoms with Gasteiger partial charge in [-0.1, -0.05) is 12.1 Å². The molecule has 146 valence electrons. The second-order valence-corrected chi connectivity index (χ2v) is 7.33. The first-order chi connectivity index (χ1) is 13.1. The molecule has 7 nitrogen and oxygen atoms in total. The summed E-state index contributed by atoms with van der Waals surface area (Å²) in [6.07, 6.45) is 3.37. The molecule has 2 heterocycles. The van der Waals surface area contributed by atoms with E-state index >= 15 is 0 Å². The molecule has 7 heteroatoms. The molecule has 1 aliphatic heterocycles. The molecule has 1 N–H and O–H groups in total. The van der Waals surface area contributed by atoms with Gasteiger partial charge in [-0.3, -0.25) is 9.59 Å². The van der Waals surface area contributed by atoms with Crippen molar-refractivity contribution >= 4 is 22.8 Å². The first kappa shape index (κ1) is 19.4. The topological polar surface area (TPSA) is 70.5 Å². The zero-order valence-electron chi connectivity index (χ0n) is 16.3. The molecule has 1 aromatic carbocycles. The lowest BCUT2D eigenvalue weighted by Crippen LogP contribution is -2.33. The van der Waals surface area contributed by atoms with Crippen molar-refractivity contribution in [3.63, 3.8) is 0 Å². The van der Waals surface area contributed by atoms with Gasteiger partial charge in [-0.15, -0.1) is 0 Å². The molecule has 0 aliphatic carbocycles. The Morgan fingerprint density at radius 3 is 2.70 bits per heavy atom. The van der Waals surface area contributed by atoms with Gasteiger partial charge in [0.15, 0.2) is 5.82 Å². The summed E-state index contributed by atoms with van der Waals surface area (Å²) in [5.74, 6) is 0.488. The predicted molar refractivity (Wildman–Crippen MR) is 108 cm³/mol. The third kappa shape index (κ3) is 4.86. The van der Waals surface area contributed by atoms with Crippen LogP contribution in [0.2, 0.25) is 0 Å². The third-order valence-corrected chi connectivity index (χ3v) is 4.91. The number of para-hydroxylation sites is 2. The van der Waals surface area contributed by atoms with E-state index in [-0.39, 0.29) is 17.9 Å². The van der Waals surface area contributed by atoms with E-state index in [1.54, 1.807) is 4.57 Å². The summed E-state index contributed by atoms with van der Waals surface area (Å²) in [5.41, 5.74) is 1.48. The Bertz CT molecular complexity index is 840. The number of anilines is 1. The van der Waals surface area contributed by atoms with E-state index in [1.807, 2.05) is 38.4 Å². The molecule has 0 bridgehead atoms. The van der Waals surface area contributed by atoms with Gasteiger partial charge in [0.1, 0.15) is 0 Å². The number of nitrogens with one attached hydrogen (secondary N) is 1. The molecule has 1 fully saturated rings. The monoisotopic (exact) mass is 371 g/mol. The van der Waals surface area contributed by atoms with E-state index in [0.29, 0.717) is 18.9 Å².